The highest BCUT2D eigenvalue weighted by atomic mass is 35.5. The lowest BCUT2D eigenvalue weighted by Gasteiger charge is -1.84. The standard InChI is InChI=1S/C7H8ClN/c8-6-2-1-3-7(9)5-4-6/h2-5H,1,9H2. The molecule has 0 aliphatic heterocycles. The molecule has 0 heterocycles. The Labute approximate surface area is 59.5 Å². The van der Waals surface area contributed by atoms with Crippen molar-refractivity contribution in [2.45, 2.75) is 6.42 Å². The van der Waals surface area contributed by atoms with Crippen molar-refractivity contribution in [2.75, 3.05) is 0 Å². The molecule has 2 heteroatoms. The molecule has 0 unspecified atom stereocenters. The first-order valence-corrected chi connectivity index (χ1v) is 3.16. The van der Waals surface area contributed by atoms with Crippen molar-refractivity contribution in [1.82, 2.24) is 0 Å². The Kier molecular flexibility index (Phi) is 1.96. The van der Waals surface area contributed by atoms with E-state index in [9.17, 15) is 0 Å². The Balaban J connectivity index is 2.75. The van der Waals surface area contributed by atoms with Crippen LogP contribution in [0.15, 0.2) is 35.0 Å². The van der Waals surface area contributed by atoms with Gasteiger partial charge in [-0.3, -0.25) is 0 Å². The predicted octanol–water partition coefficient (Wildman–Crippen LogP) is 1.91. The second-order valence-corrected chi connectivity index (χ2v) is 2.30. The summed E-state index contributed by atoms with van der Waals surface area (Å²) in [6.45, 7) is 0. The van der Waals surface area contributed by atoms with E-state index in [1.165, 1.54) is 0 Å². The van der Waals surface area contributed by atoms with Gasteiger partial charge in [-0.2, -0.15) is 0 Å². The molecule has 0 aromatic heterocycles. The minimum atomic E-state index is 0.756. The molecule has 0 fully saturated rings. The van der Waals surface area contributed by atoms with Crippen molar-refractivity contribution in [3.63, 3.8) is 0 Å². The first kappa shape index (κ1) is 6.43. The van der Waals surface area contributed by atoms with Crippen LogP contribution in [-0.2, 0) is 0 Å². The normalized spacial score (nSPS) is 18.3. The van der Waals surface area contributed by atoms with Crippen LogP contribution in [0, 0.1) is 0 Å². The number of hydrogen-bond donors (Lipinski definition) is 1. The molecule has 0 aromatic rings. The van der Waals surface area contributed by atoms with Gasteiger partial charge in [-0.15, -0.1) is 0 Å². The molecule has 0 atom stereocenters. The molecule has 9 heavy (non-hydrogen) atoms. The van der Waals surface area contributed by atoms with Crippen LogP contribution in [0.4, 0.5) is 0 Å². The summed E-state index contributed by atoms with van der Waals surface area (Å²) < 4.78 is 0. The van der Waals surface area contributed by atoms with E-state index in [4.69, 9.17) is 17.3 Å². The molecule has 0 radical (unpaired) electrons. The maximum atomic E-state index is 5.67. The SMILES string of the molecule is NC1=CCC=C(Cl)C=C1. The van der Waals surface area contributed by atoms with Gasteiger partial charge in [-0.05, 0) is 18.6 Å². The summed E-state index contributed by atoms with van der Waals surface area (Å²) in [4.78, 5) is 0. The Hall–Kier alpha value is -0.690. The molecule has 1 aliphatic carbocycles. The number of hydrogen-bond acceptors (Lipinski definition) is 1. The fraction of sp³-hybridized carbons (Fsp3) is 0.143. The van der Waals surface area contributed by atoms with Gasteiger partial charge < -0.3 is 5.73 Å². The van der Waals surface area contributed by atoms with E-state index in [0.29, 0.717) is 0 Å². The highest BCUT2D eigenvalue weighted by Crippen LogP contribution is 2.09. The second-order valence-electron chi connectivity index (χ2n) is 1.86. The molecule has 0 amide bonds. The molecule has 2 N–H and O–H groups in total. The largest absolute Gasteiger partial charge is 0.399 e. The zero-order valence-electron chi connectivity index (χ0n) is 4.97. The average molecular weight is 142 g/mol. The molecule has 0 aromatic carbocycles. The summed E-state index contributed by atoms with van der Waals surface area (Å²) in [6.07, 6.45) is 8.26. The van der Waals surface area contributed by atoms with Crippen LogP contribution in [-0.4, -0.2) is 0 Å². The lowest BCUT2D eigenvalue weighted by atomic mass is 10.3. The van der Waals surface area contributed by atoms with E-state index in [-0.39, 0.29) is 0 Å². The molecule has 48 valence electrons. The topological polar surface area (TPSA) is 26.0 Å². The van der Waals surface area contributed by atoms with Gasteiger partial charge in [0, 0.05) is 10.7 Å². The van der Waals surface area contributed by atoms with Gasteiger partial charge in [0.15, 0.2) is 0 Å². The van der Waals surface area contributed by atoms with Gasteiger partial charge in [0.25, 0.3) is 0 Å². The summed E-state index contributed by atoms with van der Waals surface area (Å²) in [6, 6.07) is 0. The Morgan fingerprint density at radius 2 is 2.11 bits per heavy atom. The second kappa shape index (κ2) is 2.74. The fourth-order valence-corrected chi connectivity index (χ4v) is 0.772. The van der Waals surface area contributed by atoms with Crippen molar-refractivity contribution < 1.29 is 0 Å². The molecule has 0 saturated heterocycles. The minimum absolute atomic E-state index is 0.756. The molecule has 1 rings (SSSR count). The van der Waals surface area contributed by atoms with Gasteiger partial charge in [0.1, 0.15) is 0 Å². The number of allylic oxidation sites excluding steroid dienone is 5. The smallest absolute Gasteiger partial charge is 0.0370 e. The summed E-state index contributed by atoms with van der Waals surface area (Å²) in [5.41, 5.74) is 6.26. The molecular formula is C7H8ClN. The van der Waals surface area contributed by atoms with Gasteiger partial charge >= 0.3 is 0 Å². The van der Waals surface area contributed by atoms with Crippen LogP contribution in [0.25, 0.3) is 0 Å². The number of rotatable bonds is 0. The quantitative estimate of drug-likeness (QED) is 0.548. The van der Waals surface area contributed by atoms with E-state index >= 15 is 0 Å². The molecule has 0 spiro atoms. The Bertz CT molecular complexity index is 169. The lowest BCUT2D eigenvalue weighted by Crippen LogP contribution is -1.90. The van der Waals surface area contributed by atoms with Crippen molar-refractivity contribution in [2.24, 2.45) is 5.73 Å². The average Bonchev–Trinajstić information content (AvgIpc) is 1.97. The van der Waals surface area contributed by atoms with Crippen LogP contribution in [0.5, 0.6) is 0 Å². The van der Waals surface area contributed by atoms with Crippen molar-refractivity contribution in [3.05, 3.63) is 35.0 Å². The first-order chi connectivity index (χ1) is 4.29. The van der Waals surface area contributed by atoms with Crippen LogP contribution in [0.3, 0.4) is 0 Å². The van der Waals surface area contributed by atoms with E-state index in [1.54, 1.807) is 12.2 Å². The van der Waals surface area contributed by atoms with Crippen molar-refractivity contribution in [3.8, 4) is 0 Å². The zero-order valence-corrected chi connectivity index (χ0v) is 5.73. The van der Waals surface area contributed by atoms with Crippen LogP contribution >= 0.6 is 11.6 Å². The predicted molar refractivity (Wildman–Crippen MR) is 40.0 cm³/mol. The molecule has 0 saturated carbocycles. The Morgan fingerprint density at radius 1 is 1.33 bits per heavy atom. The van der Waals surface area contributed by atoms with Gasteiger partial charge in [-0.25, -0.2) is 0 Å². The van der Waals surface area contributed by atoms with Gasteiger partial charge in [0.2, 0.25) is 0 Å². The number of halogens is 1. The first-order valence-electron chi connectivity index (χ1n) is 2.78. The van der Waals surface area contributed by atoms with E-state index in [2.05, 4.69) is 0 Å². The minimum Gasteiger partial charge on any atom is -0.399 e. The van der Waals surface area contributed by atoms with Crippen molar-refractivity contribution >= 4 is 11.6 Å². The van der Waals surface area contributed by atoms with Crippen molar-refractivity contribution in [1.29, 1.82) is 0 Å². The zero-order chi connectivity index (χ0) is 6.69. The van der Waals surface area contributed by atoms with E-state index < -0.39 is 0 Å². The third-order valence-electron chi connectivity index (χ3n) is 1.10. The third-order valence-corrected chi connectivity index (χ3v) is 1.38. The van der Waals surface area contributed by atoms with Crippen LogP contribution in [0.1, 0.15) is 6.42 Å². The maximum absolute atomic E-state index is 5.67. The van der Waals surface area contributed by atoms with Crippen LogP contribution in [0.2, 0.25) is 0 Å². The lowest BCUT2D eigenvalue weighted by molar-refractivity contribution is 1.31. The highest BCUT2D eigenvalue weighted by Gasteiger charge is 1.89. The molecule has 0 bridgehead atoms. The maximum Gasteiger partial charge on any atom is 0.0370 e. The van der Waals surface area contributed by atoms with E-state index in [0.717, 1.165) is 17.2 Å². The van der Waals surface area contributed by atoms with E-state index in [1.807, 2.05) is 12.2 Å². The van der Waals surface area contributed by atoms with Gasteiger partial charge in [0.05, 0.1) is 0 Å². The summed E-state index contributed by atoms with van der Waals surface area (Å²) in [5, 5.41) is 0.756. The fourth-order valence-electron chi connectivity index (χ4n) is 0.620. The van der Waals surface area contributed by atoms with Gasteiger partial charge in [-0.1, -0.05) is 23.8 Å². The summed E-state index contributed by atoms with van der Waals surface area (Å²) in [7, 11) is 0. The summed E-state index contributed by atoms with van der Waals surface area (Å²) in [5.74, 6) is 0. The third kappa shape index (κ3) is 1.94. The molecule has 1 nitrogen and oxygen atoms in total. The highest BCUT2D eigenvalue weighted by molar-refractivity contribution is 6.31. The Morgan fingerprint density at radius 3 is 2.89 bits per heavy atom. The summed E-state index contributed by atoms with van der Waals surface area (Å²) >= 11 is 5.67. The monoisotopic (exact) mass is 141 g/mol. The number of nitrogens with two attached hydrogens (primary N) is 1. The molecule has 1 aliphatic rings. The molecular weight excluding hydrogens is 134 g/mol. The van der Waals surface area contributed by atoms with Crippen LogP contribution < -0.4 is 5.73 Å².